The average Bonchev–Trinajstić information content (AvgIpc) is 2.88. The summed E-state index contributed by atoms with van der Waals surface area (Å²) in [6.07, 6.45) is 2.94. The first kappa shape index (κ1) is 12.4. The number of ether oxygens (including phenoxy) is 1. The molecule has 0 aliphatic carbocycles. The van der Waals surface area contributed by atoms with Gasteiger partial charge in [0.1, 0.15) is 0 Å². The fourth-order valence-corrected chi connectivity index (χ4v) is 2.48. The molecule has 17 heavy (non-hydrogen) atoms. The number of carbonyl (C=O) groups excluding carboxylic acids is 1. The van der Waals surface area contributed by atoms with E-state index in [0.717, 1.165) is 19.4 Å². The first-order valence-electron chi connectivity index (χ1n) is 6.14. The number of hydrogen-bond acceptors (Lipinski definition) is 3. The lowest BCUT2D eigenvalue weighted by Crippen LogP contribution is -2.36. The minimum Gasteiger partial charge on any atom is -0.481 e. The third kappa shape index (κ3) is 2.60. The van der Waals surface area contributed by atoms with Gasteiger partial charge in [-0.1, -0.05) is 0 Å². The highest BCUT2D eigenvalue weighted by atomic mass is 16.5. The van der Waals surface area contributed by atoms with E-state index < -0.39 is 11.4 Å². The number of carboxylic acids is 1. The molecular weight excluding hydrogens is 222 g/mol. The van der Waals surface area contributed by atoms with Crippen molar-refractivity contribution in [1.29, 1.82) is 0 Å². The zero-order valence-electron chi connectivity index (χ0n) is 10.1. The normalized spacial score (nSPS) is 33.0. The molecular formula is C12H19NO4. The average molecular weight is 241 g/mol. The molecule has 2 atom stereocenters. The predicted octanol–water partition coefficient (Wildman–Crippen LogP) is 0.879. The molecule has 0 saturated carbocycles. The van der Waals surface area contributed by atoms with Gasteiger partial charge >= 0.3 is 5.97 Å². The van der Waals surface area contributed by atoms with E-state index in [1.54, 1.807) is 11.8 Å². The molecule has 2 fully saturated rings. The van der Waals surface area contributed by atoms with Gasteiger partial charge in [0.15, 0.2) is 0 Å². The van der Waals surface area contributed by atoms with Crippen molar-refractivity contribution in [2.45, 2.75) is 38.7 Å². The zero-order valence-corrected chi connectivity index (χ0v) is 10.1. The molecule has 2 saturated heterocycles. The van der Waals surface area contributed by atoms with Crippen molar-refractivity contribution in [3.05, 3.63) is 0 Å². The number of rotatable bonds is 3. The van der Waals surface area contributed by atoms with Crippen molar-refractivity contribution >= 4 is 11.9 Å². The molecule has 0 aromatic heterocycles. The minimum atomic E-state index is -0.815. The maximum atomic E-state index is 12.0. The van der Waals surface area contributed by atoms with E-state index >= 15 is 0 Å². The standard InChI is InChI=1S/C12H19NO4/c1-12(11(15)16)4-5-13(8-12)10(14)7-9-3-2-6-17-9/h9H,2-8H2,1H3,(H,15,16)/t9-,12-/m0/s1. The lowest BCUT2D eigenvalue weighted by molar-refractivity contribution is -0.147. The van der Waals surface area contributed by atoms with Crippen molar-refractivity contribution in [1.82, 2.24) is 4.90 Å². The van der Waals surface area contributed by atoms with E-state index in [1.165, 1.54) is 0 Å². The fraction of sp³-hybridized carbons (Fsp3) is 0.833. The highest BCUT2D eigenvalue weighted by Crippen LogP contribution is 2.31. The van der Waals surface area contributed by atoms with Gasteiger partial charge in [-0.2, -0.15) is 0 Å². The van der Waals surface area contributed by atoms with Crippen molar-refractivity contribution in [2.24, 2.45) is 5.41 Å². The molecule has 0 bridgehead atoms. The summed E-state index contributed by atoms with van der Waals surface area (Å²) in [7, 11) is 0. The van der Waals surface area contributed by atoms with E-state index in [4.69, 9.17) is 9.84 Å². The Morgan fingerprint density at radius 2 is 2.29 bits per heavy atom. The largest absolute Gasteiger partial charge is 0.481 e. The molecule has 5 nitrogen and oxygen atoms in total. The molecule has 1 N–H and O–H groups in total. The first-order valence-corrected chi connectivity index (χ1v) is 6.14. The van der Waals surface area contributed by atoms with Crippen LogP contribution in [0.15, 0.2) is 0 Å². The van der Waals surface area contributed by atoms with Crippen LogP contribution in [0.25, 0.3) is 0 Å². The Labute approximate surface area is 101 Å². The summed E-state index contributed by atoms with van der Waals surface area (Å²) in [6, 6.07) is 0. The van der Waals surface area contributed by atoms with Crippen LogP contribution in [0.4, 0.5) is 0 Å². The molecule has 0 unspecified atom stereocenters. The number of likely N-dealkylation sites (tertiary alicyclic amines) is 1. The van der Waals surface area contributed by atoms with Crippen LogP contribution >= 0.6 is 0 Å². The van der Waals surface area contributed by atoms with Gasteiger partial charge in [0.25, 0.3) is 0 Å². The smallest absolute Gasteiger partial charge is 0.311 e. The maximum absolute atomic E-state index is 12.0. The van der Waals surface area contributed by atoms with Gasteiger partial charge in [-0.05, 0) is 26.2 Å². The summed E-state index contributed by atoms with van der Waals surface area (Å²) in [4.78, 5) is 24.7. The minimum absolute atomic E-state index is 0.0295. The lowest BCUT2D eigenvalue weighted by atomic mass is 9.90. The van der Waals surface area contributed by atoms with Gasteiger partial charge in [-0.15, -0.1) is 0 Å². The Bertz CT molecular complexity index is 324. The number of aliphatic carboxylic acids is 1. The maximum Gasteiger partial charge on any atom is 0.311 e. The van der Waals surface area contributed by atoms with Gasteiger partial charge in [-0.25, -0.2) is 0 Å². The number of carbonyl (C=O) groups is 2. The molecule has 2 heterocycles. The van der Waals surface area contributed by atoms with Gasteiger partial charge in [0.2, 0.25) is 5.91 Å². The molecule has 0 aromatic rings. The number of carboxylic acid groups (broad SMARTS) is 1. The molecule has 2 rings (SSSR count). The molecule has 2 aliphatic heterocycles. The number of hydrogen-bond donors (Lipinski definition) is 1. The van der Waals surface area contributed by atoms with E-state index in [1.807, 2.05) is 0 Å². The Hall–Kier alpha value is -1.10. The van der Waals surface area contributed by atoms with Crippen LogP contribution < -0.4 is 0 Å². The Kier molecular flexibility index (Phi) is 3.38. The summed E-state index contributed by atoms with van der Waals surface area (Å²) in [5.74, 6) is -0.785. The zero-order chi connectivity index (χ0) is 12.5. The second-order valence-corrected chi connectivity index (χ2v) is 5.27. The van der Waals surface area contributed by atoms with Crippen LogP contribution in [0.3, 0.4) is 0 Å². The van der Waals surface area contributed by atoms with Crippen molar-refractivity contribution in [3.8, 4) is 0 Å². The van der Waals surface area contributed by atoms with E-state index in [-0.39, 0.29) is 12.0 Å². The lowest BCUT2D eigenvalue weighted by Gasteiger charge is -2.21. The Morgan fingerprint density at radius 1 is 1.53 bits per heavy atom. The number of amides is 1. The van der Waals surface area contributed by atoms with Crippen molar-refractivity contribution in [2.75, 3.05) is 19.7 Å². The summed E-state index contributed by atoms with van der Waals surface area (Å²) >= 11 is 0. The van der Waals surface area contributed by atoms with Crippen molar-refractivity contribution in [3.63, 3.8) is 0 Å². The van der Waals surface area contributed by atoms with E-state index in [9.17, 15) is 9.59 Å². The quantitative estimate of drug-likeness (QED) is 0.796. The van der Waals surface area contributed by atoms with Crippen LogP contribution in [0.2, 0.25) is 0 Å². The van der Waals surface area contributed by atoms with Crippen LogP contribution in [0.1, 0.15) is 32.6 Å². The van der Waals surface area contributed by atoms with Gasteiger partial charge in [0, 0.05) is 19.7 Å². The second kappa shape index (κ2) is 4.64. The second-order valence-electron chi connectivity index (χ2n) is 5.27. The van der Waals surface area contributed by atoms with E-state index in [0.29, 0.717) is 25.9 Å². The molecule has 2 aliphatic rings. The highest BCUT2D eigenvalue weighted by molar-refractivity contribution is 5.80. The summed E-state index contributed by atoms with van der Waals surface area (Å²) < 4.78 is 5.42. The third-order valence-corrected chi connectivity index (χ3v) is 3.77. The molecule has 0 spiro atoms. The van der Waals surface area contributed by atoms with Gasteiger partial charge in [0.05, 0.1) is 17.9 Å². The Balaban J connectivity index is 1.87. The van der Waals surface area contributed by atoms with Gasteiger partial charge in [-0.3, -0.25) is 9.59 Å². The van der Waals surface area contributed by atoms with E-state index in [2.05, 4.69) is 0 Å². The molecule has 96 valence electrons. The summed E-state index contributed by atoms with van der Waals surface area (Å²) in [6.45, 7) is 3.32. The SMILES string of the molecule is C[C@]1(C(=O)O)CCN(C(=O)C[C@@H]2CCCO2)C1. The summed E-state index contributed by atoms with van der Waals surface area (Å²) in [5, 5.41) is 9.09. The molecule has 1 amide bonds. The molecule has 0 radical (unpaired) electrons. The fourth-order valence-electron chi connectivity index (χ4n) is 2.48. The molecule has 0 aromatic carbocycles. The monoisotopic (exact) mass is 241 g/mol. The van der Waals surface area contributed by atoms with Crippen LogP contribution in [-0.4, -0.2) is 47.7 Å². The van der Waals surface area contributed by atoms with Crippen molar-refractivity contribution < 1.29 is 19.4 Å². The number of nitrogens with zero attached hydrogens (tertiary/aromatic N) is 1. The predicted molar refractivity (Wildman–Crippen MR) is 60.5 cm³/mol. The third-order valence-electron chi connectivity index (χ3n) is 3.77. The topological polar surface area (TPSA) is 66.8 Å². The van der Waals surface area contributed by atoms with Crippen LogP contribution in [0.5, 0.6) is 0 Å². The Morgan fingerprint density at radius 3 is 2.82 bits per heavy atom. The first-order chi connectivity index (χ1) is 8.01. The highest BCUT2D eigenvalue weighted by Gasteiger charge is 2.42. The molecule has 5 heteroatoms. The van der Waals surface area contributed by atoms with Crippen LogP contribution in [-0.2, 0) is 14.3 Å². The van der Waals surface area contributed by atoms with Crippen LogP contribution in [0, 0.1) is 5.41 Å². The summed E-state index contributed by atoms with van der Waals surface area (Å²) in [5.41, 5.74) is -0.772. The van der Waals surface area contributed by atoms with Gasteiger partial charge < -0.3 is 14.7 Å².